The molecule has 0 saturated carbocycles. The average molecular weight is 279 g/mol. The molecule has 20 heavy (non-hydrogen) atoms. The van der Waals surface area contributed by atoms with E-state index < -0.39 is 0 Å². The summed E-state index contributed by atoms with van der Waals surface area (Å²) in [6.07, 6.45) is 3.83. The van der Waals surface area contributed by atoms with Crippen molar-refractivity contribution in [2.45, 2.75) is 31.9 Å². The van der Waals surface area contributed by atoms with E-state index in [0.29, 0.717) is 12.6 Å². The van der Waals surface area contributed by atoms with Crippen LogP contribution in [0.2, 0.25) is 0 Å². The zero-order chi connectivity index (χ0) is 14.2. The van der Waals surface area contributed by atoms with Crippen LogP contribution in [0.4, 0.5) is 0 Å². The van der Waals surface area contributed by atoms with E-state index in [1.165, 1.54) is 12.8 Å². The summed E-state index contributed by atoms with van der Waals surface area (Å²) >= 11 is 0. The topological polar surface area (TPSA) is 41.9 Å². The van der Waals surface area contributed by atoms with Crippen LogP contribution < -0.4 is 4.74 Å². The normalized spacial score (nSPS) is 19.2. The van der Waals surface area contributed by atoms with Crippen LogP contribution in [0.3, 0.4) is 0 Å². The van der Waals surface area contributed by atoms with Gasteiger partial charge in [-0.15, -0.1) is 0 Å². The third-order valence-electron chi connectivity index (χ3n) is 3.74. The molecule has 1 aromatic carbocycles. The Bertz CT molecular complexity index is 391. The first kappa shape index (κ1) is 15.3. The summed E-state index contributed by atoms with van der Waals surface area (Å²) in [6, 6.07) is 8.05. The number of aliphatic hydroxyl groups is 1. The van der Waals surface area contributed by atoms with E-state index >= 15 is 0 Å². The first-order valence-electron chi connectivity index (χ1n) is 7.40. The minimum Gasteiger partial charge on any atom is -0.496 e. The van der Waals surface area contributed by atoms with Crippen molar-refractivity contribution < 1.29 is 14.6 Å². The number of para-hydroxylation sites is 1. The van der Waals surface area contributed by atoms with Gasteiger partial charge in [0.2, 0.25) is 0 Å². The van der Waals surface area contributed by atoms with Gasteiger partial charge in [-0.25, -0.2) is 0 Å². The predicted molar refractivity (Wildman–Crippen MR) is 78.9 cm³/mol. The van der Waals surface area contributed by atoms with Gasteiger partial charge in [-0.2, -0.15) is 0 Å². The Hall–Kier alpha value is -1.10. The summed E-state index contributed by atoms with van der Waals surface area (Å²) in [5, 5.41) is 9.26. The fourth-order valence-electron chi connectivity index (χ4n) is 2.69. The van der Waals surface area contributed by atoms with Crippen LogP contribution in [0.1, 0.15) is 24.8 Å². The van der Waals surface area contributed by atoms with Crippen molar-refractivity contribution in [2.24, 2.45) is 0 Å². The molecule has 4 nitrogen and oxygen atoms in total. The number of methoxy groups -OCH3 is 1. The van der Waals surface area contributed by atoms with Gasteiger partial charge in [-0.1, -0.05) is 18.2 Å². The van der Waals surface area contributed by atoms with Crippen molar-refractivity contribution in [1.29, 1.82) is 0 Å². The molecule has 1 heterocycles. The zero-order valence-corrected chi connectivity index (χ0v) is 12.3. The third-order valence-corrected chi connectivity index (χ3v) is 3.74. The van der Waals surface area contributed by atoms with Crippen molar-refractivity contribution in [3.05, 3.63) is 29.8 Å². The maximum Gasteiger partial charge on any atom is 0.123 e. The van der Waals surface area contributed by atoms with E-state index in [1.807, 2.05) is 18.2 Å². The Morgan fingerprint density at radius 3 is 2.90 bits per heavy atom. The fraction of sp³-hybridized carbons (Fsp3) is 0.625. The van der Waals surface area contributed by atoms with Crippen LogP contribution in [0.5, 0.6) is 5.75 Å². The first-order chi connectivity index (χ1) is 9.83. The van der Waals surface area contributed by atoms with Gasteiger partial charge < -0.3 is 14.6 Å². The maximum atomic E-state index is 9.26. The lowest BCUT2D eigenvalue weighted by atomic mass is 10.1. The number of hydrogen-bond donors (Lipinski definition) is 1. The molecule has 2 rings (SSSR count). The molecule has 1 aliphatic rings. The minimum atomic E-state index is 0.169. The highest BCUT2D eigenvalue weighted by Crippen LogP contribution is 2.20. The van der Waals surface area contributed by atoms with E-state index in [-0.39, 0.29) is 6.61 Å². The lowest BCUT2D eigenvalue weighted by molar-refractivity contribution is -0.00959. The monoisotopic (exact) mass is 279 g/mol. The summed E-state index contributed by atoms with van der Waals surface area (Å²) in [6.45, 7) is 3.36. The quantitative estimate of drug-likeness (QED) is 0.829. The summed E-state index contributed by atoms with van der Waals surface area (Å²) < 4.78 is 11.2. The molecule has 4 heteroatoms. The number of nitrogens with zero attached hydrogens (tertiary/aromatic N) is 1. The van der Waals surface area contributed by atoms with E-state index in [0.717, 1.165) is 37.4 Å². The first-order valence-corrected chi connectivity index (χ1v) is 7.40. The van der Waals surface area contributed by atoms with Crippen LogP contribution in [-0.2, 0) is 11.3 Å². The van der Waals surface area contributed by atoms with E-state index in [1.54, 1.807) is 7.11 Å². The van der Waals surface area contributed by atoms with Crippen molar-refractivity contribution in [3.63, 3.8) is 0 Å². The predicted octanol–water partition coefficient (Wildman–Crippen LogP) is 2.06. The van der Waals surface area contributed by atoms with Crippen LogP contribution in [0.15, 0.2) is 24.3 Å². The second kappa shape index (κ2) is 8.25. The van der Waals surface area contributed by atoms with Crippen molar-refractivity contribution in [3.8, 4) is 5.75 Å². The van der Waals surface area contributed by atoms with Crippen molar-refractivity contribution >= 4 is 0 Å². The van der Waals surface area contributed by atoms with Crippen molar-refractivity contribution in [1.82, 2.24) is 4.90 Å². The molecule has 0 aromatic heterocycles. The van der Waals surface area contributed by atoms with E-state index in [2.05, 4.69) is 11.0 Å². The standard InChI is InChI=1S/C16H25NO3/c1-19-16-8-3-2-6-14(16)12-17(9-10-18)13-15-7-4-5-11-20-15/h2-3,6,8,15,18H,4-5,7,9-13H2,1H3/t15-/m1/s1. The Balaban J connectivity index is 1.96. The van der Waals surface area contributed by atoms with Gasteiger partial charge in [0.1, 0.15) is 5.75 Å². The minimum absolute atomic E-state index is 0.169. The van der Waals surface area contributed by atoms with Crippen LogP contribution >= 0.6 is 0 Å². The van der Waals surface area contributed by atoms with Crippen LogP contribution in [0, 0.1) is 0 Å². The Morgan fingerprint density at radius 1 is 1.35 bits per heavy atom. The molecule has 0 aliphatic carbocycles. The molecule has 0 bridgehead atoms. The molecule has 1 aliphatic heterocycles. The molecule has 112 valence electrons. The van der Waals surface area contributed by atoms with Gasteiger partial charge in [0, 0.05) is 31.8 Å². The van der Waals surface area contributed by atoms with Gasteiger partial charge in [0.05, 0.1) is 19.8 Å². The number of hydrogen-bond acceptors (Lipinski definition) is 4. The summed E-state index contributed by atoms with van der Waals surface area (Å²) in [5.41, 5.74) is 1.15. The highest BCUT2D eigenvalue weighted by molar-refractivity contribution is 5.33. The second-order valence-corrected chi connectivity index (χ2v) is 5.26. The van der Waals surface area contributed by atoms with Crippen molar-refractivity contribution in [2.75, 3.05) is 33.4 Å². The molecular formula is C16H25NO3. The molecule has 1 N–H and O–H groups in total. The van der Waals surface area contributed by atoms with E-state index in [9.17, 15) is 5.11 Å². The number of aliphatic hydroxyl groups excluding tert-OH is 1. The molecule has 1 atom stereocenters. The van der Waals surface area contributed by atoms with Gasteiger partial charge in [0.25, 0.3) is 0 Å². The second-order valence-electron chi connectivity index (χ2n) is 5.26. The van der Waals surface area contributed by atoms with Gasteiger partial charge in [0.15, 0.2) is 0 Å². The molecule has 1 aromatic rings. The van der Waals surface area contributed by atoms with Crippen LogP contribution in [0.25, 0.3) is 0 Å². The molecule has 0 amide bonds. The highest BCUT2D eigenvalue weighted by atomic mass is 16.5. The lowest BCUT2D eigenvalue weighted by Crippen LogP contribution is -2.37. The van der Waals surface area contributed by atoms with Gasteiger partial charge in [-0.3, -0.25) is 4.90 Å². The van der Waals surface area contributed by atoms with E-state index in [4.69, 9.17) is 9.47 Å². The SMILES string of the molecule is COc1ccccc1CN(CCO)C[C@H]1CCCCO1. The Kier molecular flexibility index (Phi) is 6.30. The Labute approximate surface area is 121 Å². The molecule has 0 radical (unpaired) electrons. The summed E-state index contributed by atoms with van der Waals surface area (Å²) in [4.78, 5) is 2.24. The Morgan fingerprint density at radius 2 is 2.20 bits per heavy atom. The number of rotatable bonds is 7. The summed E-state index contributed by atoms with van der Waals surface area (Å²) in [5.74, 6) is 0.903. The molecule has 0 spiro atoms. The molecule has 1 saturated heterocycles. The van der Waals surface area contributed by atoms with Crippen LogP contribution in [-0.4, -0.2) is 49.5 Å². The molecular weight excluding hydrogens is 254 g/mol. The fourth-order valence-corrected chi connectivity index (χ4v) is 2.69. The number of benzene rings is 1. The largest absolute Gasteiger partial charge is 0.496 e. The van der Waals surface area contributed by atoms with Gasteiger partial charge >= 0.3 is 0 Å². The number of ether oxygens (including phenoxy) is 2. The molecule has 1 fully saturated rings. The zero-order valence-electron chi connectivity index (χ0n) is 12.3. The molecule has 0 unspecified atom stereocenters. The average Bonchev–Trinajstić information content (AvgIpc) is 2.49. The van der Waals surface area contributed by atoms with Gasteiger partial charge in [-0.05, 0) is 25.3 Å². The highest BCUT2D eigenvalue weighted by Gasteiger charge is 2.18. The summed E-state index contributed by atoms with van der Waals surface area (Å²) in [7, 11) is 1.69. The smallest absolute Gasteiger partial charge is 0.123 e. The maximum absolute atomic E-state index is 9.26. The lowest BCUT2D eigenvalue weighted by Gasteiger charge is -2.29. The third kappa shape index (κ3) is 4.47.